The predicted molar refractivity (Wildman–Crippen MR) is 121 cm³/mol. The number of carboxylic acid groups (broad SMARTS) is 1. The lowest BCUT2D eigenvalue weighted by Crippen LogP contribution is -2.62. The van der Waals surface area contributed by atoms with Crippen molar-refractivity contribution < 1.29 is 28.8 Å². The second kappa shape index (κ2) is 11.1. The molecule has 1 atom stereocenters. The Hall–Kier alpha value is -3.51. The zero-order valence-corrected chi connectivity index (χ0v) is 19.0. The Balaban J connectivity index is 0.000000406. The zero-order chi connectivity index (χ0) is 24.7. The minimum atomic E-state index is -5.19. The highest BCUT2D eigenvalue weighted by Gasteiger charge is 2.28. The number of aromatic amines is 1. The van der Waals surface area contributed by atoms with Gasteiger partial charge in [-0.1, -0.05) is 41.7 Å². The number of carboxylic acids is 1. The van der Waals surface area contributed by atoms with Crippen LogP contribution in [0.25, 0.3) is 21.5 Å². The van der Waals surface area contributed by atoms with Crippen molar-refractivity contribution in [2.45, 2.75) is 32.0 Å². The molecule has 12 heteroatoms. The second-order valence-electron chi connectivity index (χ2n) is 7.55. The molecular weight excluding hydrogens is 469 g/mol. The number of fused-ring (bicyclic) bond motifs is 1. The molecule has 0 fully saturated rings. The number of carbonyl (C=O) groups excluding carboxylic acids is 1. The molecule has 2 aromatic carbocycles. The fourth-order valence-corrected chi connectivity index (χ4v) is 3.88. The number of aliphatic carboxylic acids is 1. The van der Waals surface area contributed by atoms with Crippen LogP contribution in [-0.2, 0) is 11.2 Å². The summed E-state index contributed by atoms with van der Waals surface area (Å²) in [6.07, 6.45) is -3.21. The summed E-state index contributed by atoms with van der Waals surface area (Å²) < 4.78 is 31.5. The normalized spacial score (nSPS) is 12.1. The first kappa shape index (κ1) is 25.1. The SMILES string of the molecule is Cc1[nH]nc2ccc(-c3nnc(NCCC([NH3+])Cc4ccccc4)s3)cc12.O=C([O-])C(F)(F)F. The van der Waals surface area contributed by atoms with Crippen molar-refractivity contribution in [2.24, 2.45) is 0 Å². The third kappa shape index (κ3) is 6.99. The average Bonchev–Trinajstić information content (AvgIpc) is 3.41. The Bertz CT molecular complexity index is 1230. The van der Waals surface area contributed by atoms with Gasteiger partial charge >= 0.3 is 6.18 Å². The van der Waals surface area contributed by atoms with Gasteiger partial charge in [0.25, 0.3) is 0 Å². The number of quaternary nitrogens is 1. The highest BCUT2D eigenvalue weighted by molar-refractivity contribution is 7.18. The summed E-state index contributed by atoms with van der Waals surface area (Å²) in [6, 6.07) is 17.0. The van der Waals surface area contributed by atoms with Crippen molar-refractivity contribution in [1.29, 1.82) is 0 Å². The molecule has 0 amide bonds. The Morgan fingerprint density at radius 1 is 1.21 bits per heavy atom. The summed E-state index contributed by atoms with van der Waals surface area (Å²) in [5.41, 5.74) is 8.70. The number of rotatable bonds is 7. The summed E-state index contributed by atoms with van der Waals surface area (Å²) in [5, 5.41) is 30.9. The molecule has 4 aromatic rings. The number of anilines is 1. The predicted octanol–water partition coefficient (Wildman–Crippen LogP) is 2.34. The molecule has 0 bridgehead atoms. The van der Waals surface area contributed by atoms with E-state index in [4.69, 9.17) is 9.90 Å². The molecule has 2 aromatic heterocycles. The molecule has 0 saturated heterocycles. The van der Waals surface area contributed by atoms with E-state index in [9.17, 15) is 13.2 Å². The molecule has 2 heterocycles. The number of H-pyrrole nitrogens is 1. The molecule has 34 heavy (non-hydrogen) atoms. The third-order valence-corrected chi connectivity index (χ3v) is 5.77. The van der Waals surface area contributed by atoms with E-state index in [1.54, 1.807) is 11.3 Å². The van der Waals surface area contributed by atoms with E-state index in [1.807, 2.05) is 25.1 Å². The van der Waals surface area contributed by atoms with E-state index >= 15 is 0 Å². The molecule has 0 radical (unpaired) electrons. The second-order valence-corrected chi connectivity index (χ2v) is 8.53. The standard InChI is InChI=1S/C20H22N6S.C2HF3O2/c1-13-17-12-15(7-8-18(17)24-23-13)19-25-26-20(27-19)22-10-9-16(21)11-14-5-3-2-4-6-14;3-2(4,5)1(6)7/h2-8,12,16H,9-11,21H2,1H3,(H,22,26)(H,23,24);(H,6,7). The highest BCUT2D eigenvalue weighted by atomic mass is 32.1. The van der Waals surface area contributed by atoms with E-state index < -0.39 is 12.1 Å². The summed E-state index contributed by atoms with van der Waals surface area (Å²) in [7, 11) is 0. The van der Waals surface area contributed by atoms with Crippen LogP contribution in [0.1, 0.15) is 17.7 Å². The van der Waals surface area contributed by atoms with Crippen molar-refractivity contribution in [1.82, 2.24) is 20.4 Å². The maximum atomic E-state index is 10.5. The van der Waals surface area contributed by atoms with Crippen molar-refractivity contribution in [3.63, 3.8) is 0 Å². The van der Waals surface area contributed by atoms with Gasteiger partial charge in [0.2, 0.25) is 5.13 Å². The monoisotopic (exact) mass is 492 g/mol. The first-order valence-corrected chi connectivity index (χ1v) is 11.1. The van der Waals surface area contributed by atoms with Gasteiger partial charge < -0.3 is 21.0 Å². The maximum Gasteiger partial charge on any atom is 0.430 e. The minimum absolute atomic E-state index is 0.374. The number of alkyl halides is 3. The van der Waals surface area contributed by atoms with E-state index in [0.29, 0.717) is 6.04 Å². The fourth-order valence-electron chi connectivity index (χ4n) is 3.12. The summed E-state index contributed by atoms with van der Waals surface area (Å²) in [4.78, 5) is 8.78. The van der Waals surface area contributed by atoms with Crippen molar-refractivity contribution in [3.8, 4) is 10.6 Å². The minimum Gasteiger partial charge on any atom is -0.542 e. The lowest BCUT2D eigenvalue weighted by molar-refractivity contribution is -0.419. The van der Waals surface area contributed by atoms with Crippen molar-refractivity contribution in [3.05, 3.63) is 59.8 Å². The molecule has 4 rings (SSSR count). The number of nitrogens with zero attached hydrogens (tertiary/aromatic N) is 3. The number of hydrogen-bond acceptors (Lipinski definition) is 7. The maximum absolute atomic E-state index is 10.5. The van der Waals surface area contributed by atoms with Crippen molar-refractivity contribution >= 4 is 33.3 Å². The molecule has 0 aliphatic heterocycles. The summed E-state index contributed by atoms with van der Waals surface area (Å²) >= 11 is 1.57. The van der Waals surface area contributed by atoms with Gasteiger partial charge in [-0.25, -0.2) is 0 Å². The number of benzene rings is 2. The fraction of sp³-hybridized carbons (Fsp3) is 0.273. The van der Waals surface area contributed by atoms with E-state index in [1.165, 1.54) is 5.56 Å². The molecule has 180 valence electrons. The van der Waals surface area contributed by atoms with Gasteiger partial charge in [0.05, 0.1) is 11.6 Å². The van der Waals surface area contributed by atoms with Crippen LogP contribution in [0.3, 0.4) is 0 Å². The van der Waals surface area contributed by atoms with Gasteiger partial charge in [0, 0.05) is 36.0 Å². The number of nitrogens with one attached hydrogen (secondary N) is 2. The lowest BCUT2D eigenvalue weighted by Gasteiger charge is -2.08. The van der Waals surface area contributed by atoms with Crippen LogP contribution >= 0.6 is 11.3 Å². The Labute approximate surface area is 197 Å². The number of hydrogen-bond donors (Lipinski definition) is 3. The molecule has 1 unspecified atom stereocenters. The molecule has 0 saturated carbocycles. The van der Waals surface area contributed by atoms with Crippen LogP contribution in [-0.4, -0.2) is 45.1 Å². The molecule has 0 aliphatic carbocycles. The highest BCUT2D eigenvalue weighted by Crippen LogP contribution is 2.29. The lowest BCUT2D eigenvalue weighted by atomic mass is 10.0. The number of aryl methyl sites for hydroxylation is 1. The van der Waals surface area contributed by atoms with Gasteiger partial charge in [0.15, 0.2) is 0 Å². The summed E-state index contributed by atoms with van der Waals surface area (Å²) in [5.74, 6) is -3.01. The summed E-state index contributed by atoms with van der Waals surface area (Å²) in [6.45, 7) is 2.87. The smallest absolute Gasteiger partial charge is 0.430 e. The van der Waals surface area contributed by atoms with Gasteiger partial charge in [-0.05, 0) is 30.7 Å². The van der Waals surface area contributed by atoms with Crippen LogP contribution in [0.5, 0.6) is 0 Å². The zero-order valence-electron chi connectivity index (χ0n) is 18.2. The van der Waals surface area contributed by atoms with E-state index in [0.717, 1.165) is 51.7 Å². The Kier molecular flexibility index (Phi) is 8.18. The third-order valence-electron chi connectivity index (χ3n) is 4.84. The largest absolute Gasteiger partial charge is 0.542 e. The van der Waals surface area contributed by atoms with Gasteiger partial charge in [-0.15, -0.1) is 10.2 Å². The van der Waals surface area contributed by atoms with Crippen LogP contribution in [0.15, 0.2) is 48.5 Å². The van der Waals surface area contributed by atoms with Crippen LogP contribution < -0.4 is 16.2 Å². The molecule has 0 aliphatic rings. The quantitative estimate of drug-likeness (QED) is 0.363. The topological polar surface area (TPSA) is 134 Å². The average molecular weight is 493 g/mol. The van der Waals surface area contributed by atoms with Gasteiger partial charge in [0.1, 0.15) is 11.0 Å². The molecule has 0 spiro atoms. The van der Waals surface area contributed by atoms with Gasteiger partial charge in [-0.2, -0.15) is 18.3 Å². The molecule has 5 N–H and O–H groups in total. The van der Waals surface area contributed by atoms with Crippen molar-refractivity contribution in [2.75, 3.05) is 11.9 Å². The Morgan fingerprint density at radius 3 is 2.59 bits per heavy atom. The number of halogens is 3. The number of carbonyl (C=O) groups is 1. The van der Waals surface area contributed by atoms with E-state index in [-0.39, 0.29) is 0 Å². The first-order chi connectivity index (χ1) is 16.1. The molecular formula is C22H23F3N6O2S. The van der Waals surface area contributed by atoms with Crippen LogP contribution in [0.2, 0.25) is 0 Å². The van der Waals surface area contributed by atoms with Gasteiger partial charge in [-0.3, -0.25) is 5.10 Å². The first-order valence-electron chi connectivity index (χ1n) is 10.3. The van der Waals surface area contributed by atoms with Crippen LogP contribution in [0, 0.1) is 6.92 Å². The van der Waals surface area contributed by atoms with E-state index in [2.05, 4.69) is 61.8 Å². The number of aromatic nitrogens is 4. The Morgan fingerprint density at radius 2 is 1.91 bits per heavy atom. The van der Waals surface area contributed by atoms with Crippen LogP contribution in [0.4, 0.5) is 18.3 Å². The molecule has 8 nitrogen and oxygen atoms in total.